The topological polar surface area (TPSA) is 57.2 Å². The molecule has 4 heteroatoms. The van der Waals surface area contributed by atoms with E-state index >= 15 is 0 Å². The van der Waals surface area contributed by atoms with Crippen LogP contribution in [-0.4, -0.2) is 11.2 Å². The first kappa shape index (κ1) is 16.2. The monoisotopic (exact) mass is 344 g/mol. The Morgan fingerprint density at radius 3 is 2.00 bits per heavy atom. The second kappa shape index (κ2) is 6.92. The maximum Gasteiger partial charge on any atom is 0.197 e. The van der Waals surface area contributed by atoms with Crippen LogP contribution in [0.3, 0.4) is 0 Å². The molecule has 0 saturated heterocycles. The van der Waals surface area contributed by atoms with Crippen molar-refractivity contribution in [1.82, 2.24) is 4.57 Å². The Hall–Kier alpha value is -3.27. The molecule has 1 aromatic heterocycles. The van der Waals surface area contributed by atoms with Gasteiger partial charge in [0.2, 0.25) is 0 Å². The molecular weight excluding hydrogens is 324 g/mol. The van der Waals surface area contributed by atoms with Gasteiger partial charge in [-0.15, -0.1) is 0 Å². The second-order valence-corrected chi connectivity index (χ2v) is 6.29. The summed E-state index contributed by atoms with van der Waals surface area (Å²) in [6.45, 7) is 1.37. The van der Waals surface area contributed by atoms with E-state index < -0.39 is 0 Å². The summed E-state index contributed by atoms with van der Waals surface area (Å²) >= 11 is 0. The molecule has 0 aliphatic carbocycles. The minimum absolute atomic E-state index is 0.0885. The number of nitrogens with two attached hydrogens (primary N) is 1. The summed E-state index contributed by atoms with van der Waals surface area (Å²) in [5.41, 5.74) is 8.43. The van der Waals surface area contributed by atoms with Gasteiger partial charge in [0.25, 0.3) is 0 Å². The molecule has 0 radical (unpaired) electrons. The number of anilines is 1. The highest BCUT2D eigenvalue weighted by Crippen LogP contribution is 2.20. The number of ether oxygens (including phenoxy) is 1. The van der Waals surface area contributed by atoms with Crippen LogP contribution in [0.25, 0.3) is 21.8 Å². The molecule has 0 unspecified atom stereocenters. The van der Waals surface area contributed by atoms with Crippen molar-refractivity contribution in [3.63, 3.8) is 0 Å². The first-order valence-corrected chi connectivity index (χ1v) is 8.73. The number of pyridine rings is 1. The highest BCUT2D eigenvalue weighted by Gasteiger charge is 2.09. The number of nitrogen functional groups attached to an aromatic ring is 1. The normalized spacial score (nSPS) is 11.1. The standard InChI is InChI=1S/C22H20N2O2/c23-16-10-12-17(13-11-16)26-15-5-14-24-20-8-3-1-6-18(20)22(25)19-7-2-4-9-21(19)24/h1-4,6-13H,5,14-15,23H2. The SMILES string of the molecule is Nc1ccc(OCCCn2c3ccccc3c(=O)c3ccccc32)cc1. The molecular formula is C22H20N2O2. The molecule has 4 nitrogen and oxygen atoms in total. The van der Waals surface area contributed by atoms with Crippen molar-refractivity contribution in [1.29, 1.82) is 0 Å². The first-order valence-electron chi connectivity index (χ1n) is 8.73. The van der Waals surface area contributed by atoms with Crippen LogP contribution in [0.4, 0.5) is 5.69 Å². The van der Waals surface area contributed by atoms with Crippen molar-refractivity contribution >= 4 is 27.5 Å². The Bertz CT molecular complexity index is 1050. The smallest absolute Gasteiger partial charge is 0.197 e. The highest BCUT2D eigenvalue weighted by atomic mass is 16.5. The van der Waals surface area contributed by atoms with E-state index in [1.54, 1.807) is 0 Å². The molecule has 0 aliphatic heterocycles. The fourth-order valence-corrected chi connectivity index (χ4v) is 3.29. The number of hydrogen-bond donors (Lipinski definition) is 1. The summed E-state index contributed by atoms with van der Waals surface area (Å²) in [6.07, 6.45) is 0.835. The molecule has 130 valence electrons. The third-order valence-corrected chi connectivity index (χ3v) is 4.55. The molecule has 0 atom stereocenters. The quantitative estimate of drug-likeness (QED) is 0.335. The third-order valence-electron chi connectivity index (χ3n) is 4.55. The van der Waals surface area contributed by atoms with E-state index in [1.807, 2.05) is 72.8 Å². The molecule has 1 heterocycles. The lowest BCUT2D eigenvalue weighted by atomic mass is 10.1. The van der Waals surface area contributed by atoms with Gasteiger partial charge in [0.1, 0.15) is 5.75 Å². The number of hydrogen-bond acceptors (Lipinski definition) is 3. The van der Waals surface area contributed by atoms with Gasteiger partial charge < -0.3 is 15.0 Å². The first-order chi connectivity index (χ1) is 12.7. The van der Waals surface area contributed by atoms with Crippen molar-refractivity contribution in [2.75, 3.05) is 12.3 Å². The van der Waals surface area contributed by atoms with E-state index in [-0.39, 0.29) is 5.43 Å². The van der Waals surface area contributed by atoms with E-state index in [4.69, 9.17) is 10.5 Å². The summed E-state index contributed by atoms with van der Waals surface area (Å²) in [5.74, 6) is 0.814. The van der Waals surface area contributed by atoms with Crippen LogP contribution in [0.5, 0.6) is 5.75 Å². The maximum atomic E-state index is 12.7. The molecule has 3 aromatic carbocycles. The molecule has 2 N–H and O–H groups in total. The molecule has 0 fully saturated rings. The Morgan fingerprint density at radius 2 is 1.38 bits per heavy atom. The molecule has 0 amide bonds. The average molecular weight is 344 g/mol. The lowest BCUT2D eigenvalue weighted by molar-refractivity contribution is 0.303. The Labute approximate surface area is 151 Å². The number of nitrogens with zero attached hydrogens (tertiary/aromatic N) is 1. The zero-order valence-corrected chi connectivity index (χ0v) is 14.4. The molecule has 4 aromatic rings. The molecule has 4 rings (SSSR count). The summed E-state index contributed by atoms with van der Waals surface area (Å²) in [4.78, 5) is 12.7. The Morgan fingerprint density at radius 1 is 0.808 bits per heavy atom. The van der Waals surface area contributed by atoms with Gasteiger partial charge in [0, 0.05) is 23.0 Å². The Balaban J connectivity index is 1.61. The summed E-state index contributed by atoms with van der Waals surface area (Å²) in [6, 6.07) is 23.0. The number of fused-ring (bicyclic) bond motifs is 2. The second-order valence-electron chi connectivity index (χ2n) is 6.29. The number of rotatable bonds is 5. The summed E-state index contributed by atoms with van der Waals surface area (Å²) in [7, 11) is 0. The van der Waals surface area contributed by atoms with Crippen LogP contribution in [0.15, 0.2) is 77.6 Å². The lowest BCUT2D eigenvalue weighted by Crippen LogP contribution is -2.13. The van der Waals surface area contributed by atoms with Crippen LogP contribution in [0.1, 0.15) is 6.42 Å². The van der Waals surface area contributed by atoms with E-state index in [9.17, 15) is 4.79 Å². The summed E-state index contributed by atoms with van der Waals surface area (Å²) < 4.78 is 8.01. The fourth-order valence-electron chi connectivity index (χ4n) is 3.29. The van der Waals surface area contributed by atoms with Crippen molar-refractivity contribution in [2.24, 2.45) is 0 Å². The van der Waals surface area contributed by atoms with Crippen molar-refractivity contribution in [2.45, 2.75) is 13.0 Å². The molecule has 0 spiro atoms. The van der Waals surface area contributed by atoms with Crippen LogP contribution >= 0.6 is 0 Å². The maximum absolute atomic E-state index is 12.7. The molecule has 0 saturated carbocycles. The lowest BCUT2D eigenvalue weighted by Gasteiger charge is -2.15. The van der Waals surface area contributed by atoms with E-state index in [0.717, 1.165) is 46.2 Å². The predicted octanol–water partition coefficient (Wildman–Crippen LogP) is 4.21. The van der Waals surface area contributed by atoms with Gasteiger partial charge in [0.05, 0.1) is 17.6 Å². The average Bonchev–Trinajstić information content (AvgIpc) is 2.69. The number of aromatic nitrogens is 1. The van der Waals surface area contributed by atoms with E-state index in [2.05, 4.69) is 4.57 Å². The zero-order valence-electron chi connectivity index (χ0n) is 14.4. The van der Waals surface area contributed by atoms with Crippen LogP contribution < -0.4 is 15.9 Å². The fraction of sp³-hybridized carbons (Fsp3) is 0.136. The predicted molar refractivity (Wildman–Crippen MR) is 107 cm³/mol. The van der Waals surface area contributed by atoms with Crippen LogP contribution in [0, 0.1) is 0 Å². The van der Waals surface area contributed by atoms with Gasteiger partial charge in [-0.3, -0.25) is 4.79 Å². The van der Waals surface area contributed by atoms with Crippen molar-refractivity contribution in [3.8, 4) is 5.75 Å². The van der Waals surface area contributed by atoms with Crippen molar-refractivity contribution < 1.29 is 4.74 Å². The van der Waals surface area contributed by atoms with Gasteiger partial charge in [-0.25, -0.2) is 0 Å². The van der Waals surface area contributed by atoms with Gasteiger partial charge in [-0.1, -0.05) is 24.3 Å². The van der Waals surface area contributed by atoms with Gasteiger partial charge >= 0.3 is 0 Å². The zero-order chi connectivity index (χ0) is 17.9. The van der Waals surface area contributed by atoms with Gasteiger partial charge in [-0.2, -0.15) is 0 Å². The summed E-state index contributed by atoms with van der Waals surface area (Å²) in [5, 5.41) is 1.51. The molecule has 0 bridgehead atoms. The number of para-hydroxylation sites is 2. The van der Waals surface area contributed by atoms with E-state index in [1.165, 1.54) is 0 Å². The van der Waals surface area contributed by atoms with Crippen LogP contribution in [0.2, 0.25) is 0 Å². The number of aryl methyl sites for hydroxylation is 1. The third kappa shape index (κ3) is 3.02. The largest absolute Gasteiger partial charge is 0.494 e. The molecule has 0 aliphatic rings. The van der Waals surface area contributed by atoms with Gasteiger partial charge in [-0.05, 0) is 55.0 Å². The van der Waals surface area contributed by atoms with Crippen LogP contribution in [-0.2, 0) is 6.54 Å². The van der Waals surface area contributed by atoms with Crippen molar-refractivity contribution in [3.05, 3.63) is 83.0 Å². The minimum Gasteiger partial charge on any atom is -0.494 e. The van der Waals surface area contributed by atoms with Gasteiger partial charge in [0.15, 0.2) is 5.43 Å². The number of benzene rings is 3. The highest BCUT2D eigenvalue weighted by molar-refractivity contribution is 5.93. The Kier molecular flexibility index (Phi) is 4.32. The molecule has 26 heavy (non-hydrogen) atoms. The van der Waals surface area contributed by atoms with E-state index in [0.29, 0.717) is 6.61 Å². The minimum atomic E-state index is 0.0885.